The average Bonchev–Trinajstić information content (AvgIpc) is 2.97. The minimum atomic E-state index is -0.347. The van der Waals surface area contributed by atoms with Crippen LogP contribution >= 0.6 is 11.8 Å². The Morgan fingerprint density at radius 3 is 2.63 bits per heavy atom. The summed E-state index contributed by atoms with van der Waals surface area (Å²) in [5.41, 5.74) is 2.28. The SMILES string of the molecule is CC(C)CC1C(=O)N=C2c3ccccc3N=C(SCc3ccccc3F)N21. The summed E-state index contributed by atoms with van der Waals surface area (Å²) in [4.78, 5) is 23.7. The molecule has 0 spiro atoms. The van der Waals surface area contributed by atoms with Gasteiger partial charge in [-0.1, -0.05) is 55.9 Å². The molecule has 0 N–H and O–H groups in total. The fourth-order valence-corrected chi connectivity index (χ4v) is 4.37. The Labute approximate surface area is 162 Å². The smallest absolute Gasteiger partial charge is 0.270 e. The molecule has 4 rings (SSSR count). The van der Waals surface area contributed by atoms with E-state index in [-0.39, 0.29) is 17.8 Å². The second-order valence-electron chi connectivity index (χ2n) is 7.08. The zero-order valence-electron chi connectivity index (χ0n) is 15.2. The number of hydrogen-bond acceptors (Lipinski definition) is 4. The highest BCUT2D eigenvalue weighted by atomic mass is 32.2. The number of amidine groups is 2. The molecule has 4 nitrogen and oxygen atoms in total. The van der Waals surface area contributed by atoms with Gasteiger partial charge in [0.05, 0.1) is 5.69 Å². The van der Waals surface area contributed by atoms with Crippen LogP contribution in [0.2, 0.25) is 0 Å². The minimum absolute atomic E-state index is 0.130. The summed E-state index contributed by atoms with van der Waals surface area (Å²) in [7, 11) is 0. The number of thioether (sulfide) groups is 1. The van der Waals surface area contributed by atoms with Gasteiger partial charge in [-0.15, -0.1) is 0 Å². The number of carbonyl (C=O) groups excluding carboxylic acids is 1. The van der Waals surface area contributed by atoms with E-state index in [2.05, 4.69) is 18.8 Å². The van der Waals surface area contributed by atoms with Crippen LogP contribution in [-0.4, -0.2) is 27.9 Å². The number of para-hydroxylation sites is 1. The lowest BCUT2D eigenvalue weighted by molar-refractivity contribution is -0.120. The van der Waals surface area contributed by atoms with E-state index >= 15 is 0 Å². The first-order valence-corrected chi connectivity index (χ1v) is 9.99. The van der Waals surface area contributed by atoms with E-state index in [4.69, 9.17) is 4.99 Å². The molecule has 27 heavy (non-hydrogen) atoms. The Bertz CT molecular complexity index is 954. The number of hydrogen-bond donors (Lipinski definition) is 0. The van der Waals surface area contributed by atoms with Crippen molar-refractivity contribution in [3.05, 3.63) is 65.5 Å². The summed E-state index contributed by atoms with van der Waals surface area (Å²) in [5.74, 6) is 1.09. The molecule has 0 saturated heterocycles. The predicted molar refractivity (Wildman–Crippen MR) is 108 cm³/mol. The average molecular weight is 381 g/mol. The van der Waals surface area contributed by atoms with E-state index < -0.39 is 0 Å². The van der Waals surface area contributed by atoms with E-state index in [1.165, 1.54) is 17.8 Å². The molecule has 1 unspecified atom stereocenters. The fraction of sp³-hybridized carbons (Fsp3) is 0.286. The van der Waals surface area contributed by atoms with Crippen molar-refractivity contribution in [2.24, 2.45) is 15.9 Å². The molecule has 1 amide bonds. The van der Waals surface area contributed by atoms with Gasteiger partial charge in [0.1, 0.15) is 17.7 Å². The summed E-state index contributed by atoms with van der Waals surface area (Å²) in [6, 6.07) is 14.1. The molecule has 0 radical (unpaired) electrons. The Hall–Kier alpha value is -2.47. The highest BCUT2D eigenvalue weighted by Crippen LogP contribution is 2.36. The largest absolute Gasteiger partial charge is 0.292 e. The maximum atomic E-state index is 14.0. The number of aliphatic imine (C=N–C) groups is 2. The maximum Gasteiger partial charge on any atom is 0.270 e. The van der Waals surface area contributed by atoms with Crippen LogP contribution in [0.25, 0.3) is 0 Å². The van der Waals surface area contributed by atoms with Gasteiger partial charge in [0.25, 0.3) is 5.91 Å². The fourth-order valence-electron chi connectivity index (χ4n) is 3.33. The minimum Gasteiger partial charge on any atom is -0.292 e. The predicted octanol–water partition coefficient (Wildman–Crippen LogP) is 4.76. The molecule has 6 heteroatoms. The quantitative estimate of drug-likeness (QED) is 0.767. The van der Waals surface area contributed by atoms with Gasteiger partial charge in [0.15, 0.2) is 5.17 Å². The Morgan fingerprint density at radius 2 is 1.85 bits per heavy atom. The van der Waals surface area contributed by atoms with Crippen LogP contribution in [0.3, 0.4) is 0 Å². The van der Waals surface area contributed by atoms with E-state index in [1.54, 1.807) is 12.1 Å². The summed E-state index contributed by atoms with van der Waals surface area (Å²) in [6.07, 6.45) is 0.702. The van der Waals surface area contributed by atoms with E-state index in [9.17, 15) is 9.18 Å². The van der Waals surface area contributed by atoms with Gasteiger partial charge in [0, 0.05) is 11.3 Å². The zero-order valence-corrected chi connectivity index (χ0v) is 16.0. The Morgan fingerprint density at radius 1 is 1.11 bits per heavy atom. The first kappa shape index (κ1) is 17.9. The molecule has 2 heterocycles. The van der Waals surface area contributed by atoms with Crippen LogP contribution in [0.5, 0.6) is 0 Å². The second-order valence-corrected chi connectivity index (χ2v) is 8.02. The Kier molecular flexibility index (Phi) is 4.83. The summed E-state index contributed by atoms with van der Waals surface area (Å²) < 4.78 is 14.0. The number of benzene rings is 2. The van der Waals surface area contributed by atoms with Gasteiger partial charge in [-0.2, -0.15) is 4.99 Å². The lowest BCUT2D eigenvalue weighted by atomic mass is 10.0. The summed E-state index contributed by atoms with van der Waals surface area (Å²) in [5, 5.41) is 0.701. The van der Waals surface area contributed by atoms with Crippen molar-refractivity contribution in [1.82, 2.24) is 4.90 Å². The topological polar surface area (TPSA) is 45.0 Å². The van der Waals surface area contributed by atoms with Crippen LogP contribution in [-0.2, 0) is 10.5 Å². The van der Waals surface area contributed by atoms with Crippen molar-refractivity contribution in [3.63, 3.8) is 0 Å². The summed E-state index contributed by atoms with van der Waals surface area (Å²) >= 11 is 1.44. The van der Waals surface area contributed by atoms with Crippen molar-refractivity contribution >= 4 is 34.4 Å². The second kappa shape index (κ2) is 7.27. The number of amides is 1. The van der Waals surface area contributed by atoms with Crippen LogP contribution in [0.4, 0.5) is 10.1 Å². The molecular formula is C21H20FN3OS. The van der Waals surface area contributed by atoms with Crippen molar-refractivity contribution in [1.29, 1.82) is 0 Å². The molecule has 0 saturated carbocycles. The molecule has 0 aromatic heterocycles. The van der Waals surface area contributed by atoms with Gasteiger partial charge >= 0.3 is 0 Å². The van der Waals surface area contributed by atoms with E-state index in [0.29, 0.717) is 34.7 Å². The summed E-state index contributed by atoms with van der Waals surface area (Å²) in [6.45, 7) is 4.18. The number of carbonyl (C=O) groups is 1. The van der Waals surface area contributed by atoms with Crippen LogP contribution in [0, 0.1) is 11.7 Å². The maximum absolute atomic E-state index is 14.0. The Balaban J connectivity index is 1.70. The highest BCUT2D eigenvalue weighted by molar-refractivity contribution is 8.13. The molecule has 2 aromatic rings. The van der Waals surface area contributed by atoms with Crippen molar-refractivity contribution in [3.8, 4) is 0 Å². The first-order valence-electron chi connectivity index (χ1n) is 9.00. The molecule has 2 aliphatic rings. The van der Waals surface area contributed by atoms with Gasteiger partial charge in [-0.05, 0) is 36.1 Å². The lowest BCUT2D eigenvalue weighted by Gasteiger charge is -2.31. The molecule has 0 bridgehead atoms. The monoisotopic (exact) mass is 381 g/mol. The number of rotatable bonds is 4. The molecule has 138 valence electrons. The lowest BCUT2D eigenvalue weighted by Crippen LogP contribution is -2.44. The van der Waals surface area contributed by atoms with E-state index in [1.807, 2.05) is 35.2 Å². The molecular weight excluding hydrogens is 361 g/mol. The first-order chi connectivity index (χ1) is 13.0. The van der Waals surface area contributed by atoms with Gasteiger partial charge in [-0.25, -0.2) is 9.38 Å². The third kappa shape index (κ3) is 3.41. The molecule has 0 aliphatic carbocycles. The molecule has 2 aliphatic heterocycles. The van der Waals surface area contributed by atoms with Crippen molar-refractivity contribution in [2.45, 2.75) is 32.1 Å². The van der Waals surface area contributed by atoms with Crippen LogP contribution in [0.15, 0.2) is 58.5 Å². The number of nitrogens with zero attached hydrogens (tertiary/aromatic N) is 3. The van der Waals surface area contributed by atoms with Gasteiger partial charge in [-0.3, -0.25) is 9.69 Å². The van der Waals surface area contributed by atoms with Crippen molar-refractivity contribution < 1.29 is 9.18 Å². The zero-order chi connectivity index (χ0) is 19.0. The van der Waals surface area contributed by atoms with Gasteiger partial charge in [0.2, 0.25) is 0 Å². The normalized spacial score (nSPS) is 18.3. The van der Waals surface area contributed by atoms with Crippen LogP contribution in [0.1, 0.15) is 31.4 Å². The molecule has 1 atom stereocenters. The number of fused-ring (bicyclic) bond motifs is 3. The van der Waals surface area contributed by atoms with Crippen molar-refractivity contribution in [2.75, 3.05) is 0 Å². The molecule has 2 aromatic carbocycles. The standard InChI is InChI=1S/C21H20FN3OS/c1-13(2)11-18-20(26)24-19-15-8-4-6-10-17(15)23-21(25(18)19)27-12-14-7-3-5-9-16(14)22/h3-10,13,18H,11-12H2,1-2H3. The van der Waals surface area contributed by atoms with Crippen LogP contribution < -0.4 is 0 Å². The third-order valence-corrected chi connectivity index (χ3v) is 5.62. The number of halogens is 1. The third-order valence-electron chi connectivity index (χ3n) is 4.62. The highest BCUT2D eigenvalue weighted by Gasteiger charge is 2.41. The van der Waals surface area contributed by atoms with Gasteiger partial charge < -0.3 is 0 Å². The molecule has 0 fully saturated rings. The van der Waals surface area contributed by atoms with E-state index in [0.717, 1.165) is 11.3 Å².